The van der Waals surface area contributed by atoms with Gasteiger partial charge in [-0.1, -0.05) is 6.07 Å². The van der Waals surface area contributed by atoms with E-state index in [0.29, 0.717) is 0 Å². The van der Waals surface area contributed by atoms with Gasteiger partial charge in [0.05, 0.1) is 6.61 Å². The molecule has 6 heteroatoms. The minimum absolute atomic E-state index is 0.0726. The molecule has 0 bridgehead atoms. The summed E-state index contributed by atoms with van der Waals surface area (Å²) in [5.74, 6) is -1.20. The van der Waals surface area contributed by atoms with Crippen molar-refractivity contribution in [2.45, 2.75) is 32.4 Å². The smallest absolute Gasteiger partial charge is 0.332 e. The van der Waals surface area contributed by atoms with Gasteiger partial charge in [0.2, 0.25) is 5.91 Å². The Morgan fingerprint density at radius 2 is 2.28 bits per heavy atom. The predicted molar refractivity (Wildman–Crippen MR) is 70.2 cm³/mol. The van der Waals surface area contributed by atoms with Crippen LogP contribution in [0.5, 0.6) is 0 Å². The van der Waals surface area contributed by atoms with Gasteiger partial charge in [-0.25, -0.2) is 4.79 Å². The summed E-state index contributed by atoms with van der Waals surface area (Å²) in [5, 5.41) is 4.68. The van der Waals surface area contributed by atoms with E-state index in [2.05, 4.69) is 10.1 Å². The molecule has 0 fully saturated rings. The number of carbonyl (C=O) groups excluding carboxylic acids is 2. The second-order valence-corrected chi connectivity index (χ2v) is 4.96. The number of nitrogens with one attached hydrogen (secondary N) is 1. The number of rotatable bonds is 6. The fourth-order valence-electron chi connectivity index (χ4n) is 1.45. The third-order valence-corrected chi connectivity index (χ3v) is 3.20. The first-order chi connectivity index (χ1) is 8.54. The summed E-state index contributed by atoms with van der Waals surface area (Å²) >= 11 is 1.63. The van der Waals surface area contributed by atoms with Crippen LogP contribution in [0.4, 0.5) is 0 Å². The Labute approximate surface area is 110 Å². The van der Waals surface area contributed by atoms with E-state index < -0.39 is 17.9 Å². The van der Waals surface area contributed by atoms with E-state index in [-0.39, 0.29) is 12.6 Å². The molecule has 1 amide bonds. The standard InChI is InChI=1S/C12H18N2O3S/c1-3-17-12(16)10(13)11(15)14-8(2)7-9-5-4-6-18-9/h4-6,8,10H,3,7,13H2,1-2H3,(H,14,15). The molecule has 0 aliphatic rings. The van der Waals surface area contributed by atoms with Crippen LogP contribution in [0.2, 0.25) is 0 Å². The van der Waals surface area contributed by atoms with Crippen LogP contribution in [-0.4, -0.2) is 30.6 Å². The normalized spacial score (nSPS) is 13.7. The fourth-order valence-corrected chi connectivity index (χ4v) is 2.29. The first-order valence-corrected chi connectivity index (χ1v) is 6.67. The van der Waals surface area contributed by atoms with Gasteiger partial charge in [-0.15, -0.1) is 11.3 Å². The number of thiophene rings is 1. The molecule has 3 N–H and O–H groups in total. The molecule has 1 aromatic rings. The quantitative estimate of drug-likeness (QED) is 0.588. The molecule has 1 heterocycles. The predicted octanol–water partition coefficient (Wildman–Crippen LogP) is 0.686. The first kappa shape index (κ1) is 14.7. The van der Waals surface area contributed by atoms with Crippen LogP contribution in [0.25, 0.3) is 0 Å². The summed E-state index contributed by atoms with van der Waals surface area (Å²) in [7, 11) is 0. The molecule has 0 saturated heterocycles. The molecule has 2 atom stereocenters. The molecule has 5 nitrogen and oxygen atoms in total. The van der Waals surface area contributed by atoms with Crippen LogP contribution >= 0.6 is 11.3 Å². The highest BCUT2D eigenvalue weighted by molar-refractivity contribution is 7.09. The number of nitrogens with two attached hydrogens (primary N) is 1. The third-order valence-electron chi connectivity index (χ3n) is 2.30. The minimum Gasteiger partial charge on any atom is -0.464 e. The van der Waals surface area contributed by atoms with Crippen molar-refractivity contribution in [3.05, 3.63) is 22.4 Å². The SMILES string of the molecule is CCOC(=O)C(N)C(=O)NC(C)Cc1cccs1. The van der Waals surface area contributed by atoms with Crippen LogP contribution in [0.15, 0.2) is 17.5 Å². The van der Waals surface area contributed by atoms with E-state index in [1.54, 1.807) is 18.3 Å². The van der Waals surface area contributed by atoms with Gasteiger partial charge in [-0.05, 0) is 25.3 Å². The van der Waals surface area contributed by atoms with Crippen LogP contribution in [-0.2, 0) is 20.7 Å². The number of ether oxygens (including phenoxy) is 1. The molecular weight excluding hydrogens is 252 g/mol. The van der Waals surface area contributed by atoms with E-state index in [1.807, 2.05) is 24.4 Å². The maximum Gasteiger partial charge on any atom is 0.332 e. The van der Waals surface area contributed by atoms with Gasteiger partial charge in [-0.3, -0.25) is 4.79 Å². The van der Waals surface area contributed by atoms with E-state index in [9.17, 15) is 9.59 Å². The van der Waals surface area contributed by atoms with Crippen LogP contribution < -0.4 is 11.1 Å². The number of hydrogen-bond acceptors (Lipinski definition) is 5. The van der Waals surface area contributed by atoms with Gasteiger partial charge in [0.15, 0.2) is 6.04 Å². The Balaban J connectivity index is 2.41. The third kappa shape index (κ3) is 4.46. The van der Waals surface area contributed by atoms with Gasteiger partial charge in [0.1, 0.15) is 0 Å². The zero-order valence-electron chi connectivity index (χ0n) is 10.5. The van der Waals surface area contributed by atoms with E-state index in [4.69, 9.17) is 5.73 Å². The highest BCUT2D eigenvalue weighted by atomic mass is 32.1. The summed E-state index contributed by atoms with van der Waals surface area (Å²) < 4.78 is 4.69. The second-order valence-electron chi connectivity index (χ2n) is 3.92. The maximum absolute atomic E-state index is 11.7. The van der Waals surface area contributed by atoms with Crippen LogP contribution in [0, 0.1) is 0 Å². The Kier molecular flexibility index (Phi) is 5.80. The summed E-state index contributed by atoms with van der Waals surface area (Å²) in [4.78, 5) is 24.1. The van der Waals surface area contributed by atoms with Crippen LogP contribution in [0.1, 0.15) is 18.7 Å². The summed E-state index contributed by atoms with van der Waals surface area (Å²) in [5.41, 5.74) is 5.48. The van der Waals surface area contributed by atoms with Crippen molar-refractivity contribution < 1.29 is 14.3 Å². The average molecular weight is 270 g/mol. The molecule has 0 aromatic carbocycles. The molecule has 0 radical (unpaired) electrons. The highest BCUT2D eigenvalue weighted by Gasteiger charge is 2.24. The summed E-state index contributed by atoms with van der Waals surface area (Å²) in [6, 6.07) is 2.63. The summed E-state index contributed by atoms with van der Waals surface area (Å²) in [6.07, 6.45) is 0.721. The van der Waals surface area contributed by atoms with Gasteiger partial charge < -0.3 is 15.8 Å². The Bertz CT molecular complexity index is 392. The van der Waals surface area contributed by atoms with Crippen LogP contribution in [0.3, 0.4) is 0 Å². The number of esters is 1. The Morgan fingerprint density at radius 1 is 1.56 bits per heavy atom. The summed E-state index contributed by atoms with van der Waals surface area (Å²) in [6.45, 7) is 3.75. The molecule has 1 aromatic heterocycles. The average Bonchev–Trinajstić information content (AvgIpc) is 2.80. The van der Waals surface area contributed by atoms with E-state index in [0.717, 1.165) is 6.42 Å². The first-order valence-electron chi connectivity index (χ1n) is 5.79. The zero-order valence-corrected chi connectivity index (χ0v) is 11.3. The number of carbonyl (C=O) groups is 2. The van der Waals surface area contributed by atoms with Crippen molar-refractivity contribution in [3.63, 3.8) is 0 Å². The van der Waals surface area contributed by atoms with Crippen molar-refractivity contribution in [1.29, 1.82) is 0 Å². The molecular formula is C12H18N2O3S. The molecule has 100 valence electrons. The van der Waals surface area contributed by atoms with E-state index >= 15 is 0 Å². The largest absolute Gasteiger partial charge is 0.464 e. The molecule has 0 aliphatic heterocycles. The number of amides is 1. The fraction of sp³-hybridized carbons (Fsp3) is 0.500. The van der Waals surface area contributed by atoms with Gasteiger partial charge in [-0.2, -0.15) is 0 Å². The van der Waals surface area contributed by atoms with Crippen molar-refractivity contribution in [2.24, 2.45) is 5.73 Å². The van der Waals surface area contributed by atoms with Gasteiger partial charge in [0, 0.05) is 17.3 Å². The molecule has 0 spiro atoms. The maximum atomic E-state index is 11.7. The highest BCUT2D eigenvalue weighted by Crippen LogP contribution is 2.10. The monoisotopic (exact) mass is 270 g/mol. The molecule has 18 heavy (non-hydrogen) atoms. The van der Waals surface area contributed by atoms with Crippen molar-refractivity contribution in [1.82, 2.24) is 5.32 Å². The van der Waals surface area contributed by atoms with Gasteiger partial charge in [0.25, 0.3) is 0 Å². The second kappa shape index (κ2) is 7.13. The molecule has 0 aliphatic carbocycles. The lowest BCUT2D eigenvalue weighted by Gasteiger charge is -2.16. The van der Waals surface area contributed by atoms with E-state index in [1.165, 1.54) is 4.88 Å². The zero-order chi connectivity index (χ0) is 13.5. The minimum atomic E-state index is -1.25. The lowest BCUT2D eigenvalue weighted by Crippen LogP contribution is -2.49. The number of hydrogen-bond donors (Lipinski definition) is 2. The molecule has 1 rings (SSSR count). The Hall–Kier alpha value is -1.40. The molecule has 2 unspecified atom stereocenters. The lowest BCUT2D eigenvalue weighted by molar-refractivity contribution is -0.148. The Morgan fingerprint density at radius 3 is 2.83 bits per heavy atom. The van der Waals surface area contributed by atoms with Crippen molar-refractivity contribution in [2.75, 3.05) is 6.61 Å². The van der Waals surface area contributed by atoms with Gasteiger partial charge >= 0.3 is 5.97 Å². The molecule has 0 saturated carbocycles. The van der Waals surface area contributed by atoms with Crippen molar-refractivity contribution in [3.8, 4) is 0 Å². The van der Waals surface area contributed by atoms with Crippen molar-refractivity contribution >= 4 is 23.2 Å². The topological polar surface area (TPSA) is 81.4 Å². The lowest BCUT2D eigenvalue weighted by atomic mass is 10.2.